The molecule has 2 aromatic rings. The van der Waals surface area contributed by atoms with Gasteiger partial charge in [-0.15, -0.1) is 11.3 Å². The summed E-state index contributed by atoms with van der Waals surface area (Å²) in [6.07, 6.45) is -2.82. The van der Waals surface area contributed by atoms with Gasteiger partial charge in [0.15, 0.2) is 0 Å². The molecule has 2 nitrogen and oxygen atoms in total. The van der Waals surface area contributed by atoms with E-state index in [2.05, 4.69) is 10.3 Å². The predicted molar refractivity (Wildman–Crippen MR) is 70.6 cm³/mol. The van der Waals surface area contributed by atoms with Crippen LogP contribution < -0.4 is 5.32 Å². The Hall–Kier alpha value is -1.27. The van der Waals surface area contributed by atoms with Crippen LogP contribution in [0.15, 0.2) is 24.4 Å². The molecule has 0 amide bonds. The zero-order chi connectivity index (χ0) is 14.0. The van der Waals surface area contributed by atoms with E-state index in [-0.39, 0.29) is 0 Å². The first-order valence-corrected chi connectivity index (χ1v) is 6.57. The van der Waals surface area contributed by atoms with Crippen molar-refractivity contribution in [2.45, 2.75) is 19.6 Å². The van der Waals surface area contributed by atoms with Gasteiger partial charge in [0.05, 0.1) is 18.3 Å². The van der Waals surface area contributed by atoms with Gasteiger partial charge in [0.2, 0.25) is 0 Å². The Labute approximate surface area is 117 Å². The Morgan fingerprint density at radius 1 is 1.37 bits per heavy atom. The van der Waals surface area contributed by atoms with Gasteiger partial charge in [-0.2, -0.15) is 13.2 Å². The minimum Gasteiger partial charge on any atom is -0.378 e. The molecule has 0 radical (unpaired) electrons. The van der Waals surface area contributed by atoms with Crippen LogP contribution in [0.1, 0.15) is 16.1 Å². The Morgan fingerprint density at radius 2 is 2.11 bits per heavy atom. The summed E-state index contributed by atoms with van der Waals surface area (Å²) in [5.74, 6) is 0. The summed E-state index contributed by atoms with van der Waals surface area (Å²) in [5, 5.41) is 3.67. The molecule has 0 saturated heterocycles. The minimum atomic E-state index is -4.34. The van der Waals surface area contributed by atoms with Crippen molar-refractivity contribution in [3.8, 4) is 0 Å². The normalized spacial score (nSPS) is 11.6. The Bertz CT molecular complexity index is 581. The first-order valence-electron chi connectivity index (χ1n) is 5.38. The number of thiazole rings is 1. The van der Waals surface area contributed by atoms with Crippen molar-refractivity contribution in [2.24, 2.45) is 0 Å². The fraction of sp³-hybridized carbons (Fsp3) is 0.250. The standard InChI is InChI=1S/C12H10ClF3N2S/c1-7-2-3-8(12(14,15)16)4-9(7)17-6-11-18-5-10(13)19-11/h2-5,17H,6H2,1H3. The second-order valence-electron chi connectivity index (χ2n) is 3.94. The summed E-state index contributed by atoms with van der Waals surface area (Å²) in [6, 6.07) is 3.62. The molecular formula is C12H10ClF3N2S. The fourth-order valence-corrected chi connectivity index (χ4v) is 2.43. The molecule has 1 heterocycles. The molecule has 0 atom stereocenters. The van der Waals surface area contributed by atoms with E-state index in [1.165, 1.54) is 23.6 Å². The van der Waals surface area contributed by atoms with Crippen molar-refractivity contribution in [1.82, 2.24) is 4.98 Å². The average molecular weight is 307 g/mol. The first-order chi connectivity index (χ1) is 8.86. The van der Waals surface area contributed by atoms with Crippen LogP contribution in [0.3, 0.4) is 0 Å². The highest BCUT2D eigenvalue weighted by atomic mass is 35.5. The van der Waals surface area contributed by atoms with Crippen LogP contribution >= 0.6 is 22.9 Å². The maximum Gasteiger partial charge on any atom is 0.416 e. The summed E-state index contributed by atoms with van der Waals surface area (Å²) in [4.78, 5) is 4.03. The number of aromatic nitrogens is 1. The van der Waals surface area contributed by atoms with Crippen LogP contribution in [-0.4, -0.2) is 4.98 Å². The molecular weight excluding hydrogens is 297 g/mol. The van der Waals surface area contributed by atoms with E-state index >= 15 is 0 Å². The van der Waals surface area contributed by atoms with Crippen LogP contribution in [0, 0.1) is 6.92 Å². The number of hydrogen-bond acceptors (Lipinski definition) is 3. The molecule has 19 heavy (non-hydrogen) atoms. The van der Waals surface area contributed by atoms with E-state index in [0.29, 0.717) is 16.6 Å². The number of nitrogens with one attached hydrogen (secondary N) is 1. The number of anilines is 1. The molecule has 0 unspecified atom stereocenters. The van der Waals surface area contributed by atoms with Gasteiger partial charge in [0.1, 0.15) is 9.34 Å². The van der Waals surface area contributed by atoms with Gasteiger partial charge in [-0.05, 0) is 24.6 Å². The number of aryl methyl sites for hydroxylation is 1. The second-order valence-corrected chi connectivity index (χ2v) is 5.69. The van der Waals surface area contributed by atoms with Gasteiger partial charge < -0.3 is 5.32 Å². The summed E-state index contributed by atoms with van der Waals surface area (Å²) in [7, 11) is 0. The Kier molecular flexibility index (Phi) is 4.01. The molecule has 1 N–H and O–H groups in total. The summed E-state index contributed by atoms with van der Waals surface area (Å²) in [6.45, 7) is 2.09. The van der Waals surface area contributed by atoms with Gasteiger partial charge in [0.25, 0.3) is 0 Å². The maximum atomic E-state index is 12.6. The third-order valence-electron chi connectivity index (χ3n) is 2.52. The number of halogens is 4. The fourth-order valence-electron chi connectivity index (χ4n) is 1.53. The molecule has 0 aliphatic carbocycles. The number of nitrogens with zero attached hydrogens (tertiary/aromatic N) is 1. The lowest BCUT2D eigenvalue weighted by Crippen LogP contribution is -2.07. The van der Waals surface area contributed by atoms with E-state index in [1.807, 2.05) is 0 Å². The third kappa shape index (κ3) is 3.61. The van der Waals surface area contributed by atoms with Gasteiger partial charge >= 0.3 is 6.18 Å². The second kappa shape index (κ2) is 5.38. The molecule has 0 saturated carbocycles. The molecule has 102 valence electrons. The SMILES string of the molecule is Cc1ccc(C(F)(F)F)cc1NCc1ncc(Cl)s1. The third-order valence-corrected chi connectivity index (χ3v) is 3.64. The van der Waals surface area contributed by atoms with Gasteiger partial charge in [0, 0.05) is 5.69 Å². The number of hydrogen-bond donors (Lipinski definition) is 1. The van der Waals surface area contributed by atoms with Gasteiger partial charge in [-0.3, -0.25) is 0 Å². The van der Waals surface area contributed by atoms with E-state index < -0.39 is 11.7 Å². The zero-order valence-electron chi connectivity index (χ0n) is 9.88. The van der Waals surface area contributed by atoms with Crippen molar-refractivity contribution < 1.29 is 13.2 Å². The van der Waals surface area contributed by atoms with E-state index in [1.54, 1.807) is 6.92 Å². The Balaban J connectivity index is 2.15. The van der Waals surface area contributed by atoms with E-state index in [9.17, 15) is 13.2 Å². The van der Waals surface area contributed by atoms with Crippen molar-refractivity contribution >= 4 is 28.6 Å². The molecule has 0 fully saturated rings. The first kappa shape index (κ1) is 14.1. The monoisotopic (exact) mass is 306 g/mol. The zero-order valence-corrected chi connectivity index (χ0v) is 11.5. The molecule has 7 heteroatoms. The highest BCUT2D eigenvalue weighted by molar-refractivity contribution is 7.15. The van der Waals surface area contributed by atoms with Crippen molar-refractivity contribution in [1.29, 1.82) is 0 Å². The average Bonchev–Trinajstić information content (AvgIpc) is 2.72. The van der Waals surface area contributed by atoms with Crippen LogP contribution in [0.25, 0.3) is 0 Å². The Morgan fingerprint density at radius 3 is 2.68 bits per heavy atom. The van der Waals surface area contributed by atoms with E-state index in [0.717, 1.165) is 22.7 Å². The van der Waals surface area contributed by atoms with Crippen LogP contribution in [0.4, 0.5) is 18.9 Å². The number of rotatable bonds is 3. The molecule has 2 rings (SSSR count). The summed E-state index contributed by atoms with van der Waals surface area (Å²) < 4.78 is 38.4. The molecule has 0 spiro atoms. The lowest BCUT2D eigenvalue weighted by Gasteiger charge is -2.12. The van der Waals surface area contributed by atoms with Gasteiger partial charge in [-0.25, -0.2) is 4.98 Å². The minimum absolute atomic E-state index is 0.347. The number of alkyl halides is 3. The summed E-state index contributed by atoms with van der Waals surface area (Å²) in [5.41, 5.74) is 0.523. The topological polar surface area (TPSA) is 24.9 Å². The molecule has 0 aliphatic rings. The lowest BCUT2D eigenvalue weighted by molar-refractivity contribution is -0.137. The molecule has 0 aliphatic heterocycles. The molecule has 1 aromatic heterocycles. The largest absolute Gasteiger partial charge is 0.416 e. The van der Waals surface area contributed by atoms with Crippen LogP contribution in [-0.2, 0) is 12.7 Å². The van der Waals surface area contributed by atoms with Gasteiger partial charge in [-0.1, -0.05) is 17.7 Å². The molecule has 1 aromatic carbocycles. The smallest absolute Gasteiger partial charge is 0.378 e. The van der Waals surface area contributed by atoms with Crippen molar-refractivity contribution in [2.75, 3.05) is 5.32 Å². The highest BCUT2D eigenvalue weighted by Crippen LogP contribution is 2.32. The van der Waals surface area contributed by atoms with Crippen molar-refractivity contribution in [3.05, 3.63) is 44.9 Å². The predicted octanol–water partition coefficient (Wildman–Crippen LogP) is 4.74. The van der Waals surface area contributed by atoms with Crippen molar-refractivity contribution in [3.63, 3.8) is 0 Å². The lowest BCUT2D eigenvalue weighted by atomic mass is 10.1. The molecule has 0 bridgehead atoms. The van der Waals surface area contributed by atoms with E-state index in [4.69, 9.17) is 11.6 Å². The quantitative estimate of drug-likeness (QED) is 0.886. The van der Waals surface area contributed by atoms with Crippen LogP contribution in [0.2, 0.25) is 4.34 Å². The maximum absolute atomic E-state index is 12.6. The number of benzene rings is 1. The summed E-state index contributed by atoms with van der Waals surface area (Å²) >= 11 is 7.03. The van der Waals surface area contributed by atoms with Crippen LogP contribution in [0.5, 0.6) is 0 Å². The highest BCUT2D eigenvalue weighted by Gasteiger charge is 2.30.